The predicted octanol–water partition coefficient (Wildman–Crippen LogP) is 1.78. The number of methoxy groups -OCH3 is 1. The van der Waals surface area contributed by atoms with Gasteiger partial charge < -0.3 is 15.2 Å². The maximum atomic E-state index is 13.5. The predicted molar refractivity (Wildman–Crippen MR) is 132 cm³/mol. The third-order valence-corrected chi connectivity index (χ3v) is 7.36. The number of benzene rings is 3. The molecule has 0 radical (unpaired) electrons. The highest BCUT2D eigenvalue weighted by Gasteiger charge is 2.35. The fourth-order valence-electron chi connectivity index (χ4n) is 3.75. The summed E-state index contributed by atoms with van der Waals surface area (Å²) >= 11 is 0. The number of nitrogens with two attached hydrogens (primary N) is 2. The second kappa shape index (κ2) is 9.28. The van der Waals surface area contributed by atoms with Gasteiger partial charge in [-0.25, -0.2) is 27.1 Å². The smallest absolute Gasteiger partial charge is 0.275 e. The van der Waals surface area contributed by atoms with Crippen molar-refractivity contribution >= 4 is 37.3 Å². The van der Waals surface area contributed by atoms with Crippen molar-refractivity contribution in [3.63, 3.8) is 0 Å². The number of aromatic hydroxyl groups is 1. The fourth-order valence-corrected chi connectivity index (χ4v) is 4.78. The van der Waals surface area contributed by atoms with Crippen LogP contribution >= 0.6 is 0 Å². The molecular formula is C23H22N4O7S2. The molecule has 0 saturated carbocycles. The Balaban J connectivity index is 1.73. The number of phenolic OH excluding ortho intramolecular Hbond substituents is 1. The number of nitrogens with one attached hydrogen (secondary N) is 1. The normalized spacial score (nSPS) is 16.1. The molecule has 1 aliphatic rings. The van der Waals surface area contributed by atoms with E-state index in [0.29, 0.717) is 16.9 Å². The maximum absolute atomic E-state index is 13.5. The van der Waals surface area contributed by atoms with Crippen LogP contribution in [-0.4, -0.2) is 35.0 Å². The Morgan fingerprint density at radius 3 is 1.94 bits per heavy atom. The molecule has 1 atom stereocenters. The Bertz CT molecular complexity index is 1570. The van der Waals surface area contributed by atoms with Gasteiger partial charge in [-0.05, 0) is 72.3 Å². The monoisotopic (exact) mass is 530 g/mol. The van der Waals surface area contributed by atoms with E-state index in [2.05, 4.69) is 5.32 Å². The number of hydrogen-bond acceptors (Lipinski definition) is 8. The number of ether oxygens (including phenoxy) is 1. The second-order valence-corrected chi connectivity index (χ2v) is 11.0. The van der Waals surface area contributed by atoms with Gasteiger partial charge in [0.05, 0.1) is 22.9 Å². The lowest BCUT2D eigenvalue weighted by Crippen LogP contribution is -2.30. The maximum Gasteiger partial charge on any atom is 0.275 e. The van der Waals surface area contributed by atoms with Gasteiger partial charge in [0.1, 0.15) is 5.70 Å². The summed E-state index contributed by atoms with van der Waals surface area (Å²) in [6, 6.07) is 15.0. The molecule has 4 rings (SSSR count). The van der Waals surface area contributed by atoms with Crippen molar-refractivity contribution < 1.29 is 31.5 Å². The Kier molecular flexibility index (Phi) is 6.49. The van der Waals surface area contributed by atoms with Crippen LogP contribution < -0.4 is 25.2 Å². The van der Waals surface area contributed by atoms with E-state index in [-0.39, 0.29) is 27.0 Å². The molecule has 188 valence electrons. The molecule has 0 fully saturated rings. The van der Waals surface area contributed by atoms with E-state index >= 15 is 0 Å². The third kappa shape index (κ3) is 5.04. The second-order valence-electron chi connectivity index (χ2n) is 7.86. The standard InChI is InChI=1S/C23H22N4O7S2/c1-34-22-11-2-14(12-21(22)28)20-13-19(26-15-3-7-17(8-4-15)35(24,30)31)23(29)27(20)16-5-9-18(10-6-16)36(25,32)33/h2-13,20,26,28H,1H3,(H2,24,30,31)(H2,25,32,33). The topological polar surface area (TPSA) is 182 Å². The van der Waals surface area contributed by atoms with E-state index in [1.807, 2.05) is 0 Å². The van der Waals surface area contributed by atoms with Gasteiger partial charge in [-0.3, -0.25) is 9.69 Å². The van der Waals surface area contributed by atoms with Crippen LogP contribution in [0.1, 0.15) is 11.6 Å². The number of amides is 1. The number of hydrogen-bond donors (Lipinski definition) is 4. The minimum absolute atomic E-state index is 0.0806. The first-order valence-corrected chi connectivity index (χ1v) is 13.4. The van der Waals surface area contributed by atoms with E-state index in [1.165, 1.54) is 66.6 Å². The molecule has 1 amide bonds. The highest BCUT2D eigenvalue weighted by atomic mass is 32.2. The molecule has 3 aromatic rings. The van der Waals surface area contributed by atoms with Gasteiger partial charge in [0.25, 0.3) is 5.91 Å². The van der Waals surface area contributed by atoms with Gasteiger partial charge in [0, 0.05) is 11.4 Å². The summed E-state index contributed by atoms with van der Waals surface area (Å²) in [7, 11) is -6.39. The number of primary sulfonamides is 2. The van der Waals surface area contributed by atoms with Crippen LogP contribution in [0, 0.1) is 0 Å². The highest BCUT2D eigenvalue weighted by molar-refractivity contribution is 7.89. The van der Waals surface area contributed by atoms with Gasteiger partial charge in [-0.15, -0.1) is 0 Å². The minimum Gasteiger partial charge on any atom is -0.504 e. The van der Waals surface area contributed by atoms with E-state index in [9.17, 15) is 26.7 Å². The molecule has 0 bridgehead atoms. The van der Waals surface area contributed by atoms with Crippen LogP contribution in [0.2, 0.25) is 0 Å². The molecule has 6 N–H and O–H groups in total. The van der Waals surface area contributed by atoms with Gasteiger partial charge in [0.2, 0.25) is 20.0 Å². The van der Waals surface area contributed by atoms with Crippen molar-refractivity contribution in [1.29, 1.82) is 0 Å². The quantitative estimate of drug-likeness (QED) is 0.356. The van der Waals surface area contributed by atoms with E-state index in [1.54, 1.807) is 18.2 Å². The Labute approximate surface area is 207 Å². The number of phenols is 1. The molecule has 13 heteroatoms. The van der Waals surface area contributed by atoms with E-state index < -0.39 is 32.0 Å². The lowest BCUT2D eigenvalue weighted by Gasteiger charge is -2.25. The number of rotatable bonds is 7. The molecule has 0 spiro atoms. The Morgan fingerprint density at radius 2 is 1.44 bits per heavy atom. The minimum atomic E-state index is -3.93. The molecule has 1 heterocycles. The molecular weight excluding hydrogens is 508 g/mol. The first kappa shape index (κ1) is 25.2. The molecule has 36 heavy (non-hydrogen) atoms. The van der Waals surface area contributed by atoms with Crippen molar-refractivity contribution in [2.75, 3.05) is 17.3 Å². The van der Waals surface area contributed by atoms with Crippen molar-refractivity contribution in [1.82, 2.24) is 0 Å². The summed E-state index contributed by atoms with van der Waals surface area (Å²) in [5.41, 5.74) is 1.54. The number of anilines is 2. The number of carbonyl (C=O) groups excluding carboxylic acids is 1. The Hall–Kier alpha value is -3.91. The van der Waals surface area contributed by atoms with Crippen molar-refractivity contribution in [2.45, 2.75) is 15.8 Å². The highest BCUT2D eigenvalue weighted by Crippen LogP contribution is 2.39. The zero-order valence-electron chi connectivity index (χ0n) is 18.8. The number of sulfonamides is 2. The van der Waals surface area contributed by atoms with E-state index in [4.69, 9.17) is 15.0 Å². The lowest BCUT2D eigenvalue weighted by molar-refractivity contribution is -0.114. The molecule has 11 nitrogen and oxygen atoms in total. The molecule has 1 unspecified atom stereocenters. The van der Waals surface area contributed by atoms with Crippen LogP contribution in [0.15, 0.2) is 88.3 Å². The van der Waals surface area contributed by atoms with E-state index in [0.717, 1.165) is 0 Å². The summed E-state index contributed by atoms with van der Waals surface area (Å²) in [5.74, 6) is -0.320. The zero-order chi connectivity index (χ0) is 26.3. The third-order valence-electron chi connectivity index (χ3n) is 5.50. The number of carbonyl (C=O) groups is 1. The fraction of sp³-hybridized carbons (Fsp3) is 0.0870. The first-order valence-electron chi connectivity index (χ1n) is 10.3. The average Bonchev–Trinajstić information content (AvgIpc) is 3.14. The summed E-state index contributed by atoms with van der Waals surface area (Å²) in [5, 5.41) is 23.6. The van der Waals surface area contributed by atoms with Gasteiger partial charge in [-0.2, -0.15) is 0 Å². The molecule has 0 saturated heterocycles. The van der Waals surface area contributed by atoms with Crippen molar-refractivity contribution in [3.05, 3.63) is 84.1 Å². The summed E-state index contributed by atoms with van der Waals surface area (Å²) < 4.78 is 51.4. The van der Waals surface area contributed by atoms with Crippen LogP contribution in [0.25, 0.3) is 0 Å². The number of nitrogens with zero attached hydrogens (tertiary/aromatic N) is 1. The van der Waals surface area contributed by atoms with Crippen LogP contribution in [-0.2, 0) is 24.8 Å². The summed E-state index contributed by atoms with van der Waals surface area (Å²) in [4.78, 5) is 14.7. The van der Waals surface area contributed by atoms with Gasteiger partial charge in [0.15, 0.2) is 11.5 Å². The summed E-state index contributed by atoms with van der Waals surface area (Å²) in [6.07, 6.45) is 1.63. The first-order chi connectivity index (χ1) is 16.9. The van der Waals surface area contributed by atoms with Crippen molar-refractivity contribution in [3.8, 4) is 11.5 Å². The van der Waals surface area contributed by atoms with Gasteiger partial charge in [-0.1, -0.05) is 6.07 Å². The largest absolute Gasteiger partial charge is 0.504 e. The van der Waals surface area contributed by atoms with Gasteiger partial charge >= 0.3 is 0 Å². The molecule has 0 aromatic heterocycles. The molecule has 3 aromatic carbocycles. The van der Waals surface area contributed by atoms with Crippen LogP contribution in [0.3, 0.4) is 0 Å². The summed E-state index contributed by atoms with van der Waals surface area (Å²) in [6.45, 7) is 0. The van der Waals surface area contributed by atoms with Crippen molar-refractivity contribution in [2.24, 2.45) is 10.3 Å². The average molecular weight is 531 g/mol. The molecule has 0 aliphatic carbocycles. The van der Waals surface area contributed by atoms with Crippen LogP contribution in [0.5, 0.6) is 11.5 Å². The SMILES string of the molecule is COc1ccc(C2C=C(Nc3ccc(S(N)(=O)=O)cc3)C(=O)N2c2ccc(S(N)(=O)=O)cc2)cc1O. The molecule has 1 aliphatic heterocycles. The Morgan fingerprint density at radius 1 is 0.889 bits per heavy atom. The van der Waals surface area contributed by atoms with Crippen LogP contribution in [0.4, 0.5) is 11.4 Å². The zero-order valence-corrected chi connectivity index (χ0v) is 20.5. The lowest BCUT2D eigenvalue weighted by atomic mass is 10.1.